The highest BCUT2D eigenvalue weighted by Gasteiger charge is 2.42. The van der Waals surface area contributed by atoms with E-state index < -0.39 is 37.2 Å². The van der Waals surface area contributed by atoms with Gasteiger partial charge in [0.15, 0.2) is 5.54 Å². The van der Waals surface area contributed by atoms with E-state index in [-0.39, 0.29) is 12.4 Å². The molecule has 0 aromatic rings. The third-order valence-electron chi connectivity index (χ3n) is 1.16. The standard InChI is InChI=1S/C6H12F2N2O2.ClH/c7-4(8)6(10,5(11)12)2-1-3-9;/h4H,1-3,9-10H2,(H,11,12);1H/i1D,2D2;. The molecule has 0 saturated heterocycles. The first-order chi connectivity index (χ1) is 6.62. The van der Waals surface area contributed by atoms with E-state index in [9.17, 15) is 13.6 Å². The maximum absolute atomic E-state index is 12.5. The van der Waals surface area contributed by atoms with Crippen LogP contribution in [0, 0.1) is 0 Å². The molecule has 0 aromatic heterocycles. The summed E-state index contributed by atoms with van der Waals surface area (Å²) in [7, 11) is 0. The van der Waals surface area contributed by atoms with Gasteiger partial charge < -0.3 is 16.6 Å². The van der Waals surface area contributed by atoms with Crippen molar-refractivity contribution < 1.29 is 22.8 Å². The van der Waals surface area contributed by atoms with Crippen LogP contribution in [-0.4, -0.2) is 29.6 Å². The topological polar surface area (TPSA) is 89.3 Å². The average molecular weight is 222 g/mol. The molecule has 7 heteroatoms. The van der Waals surface area contributed by atoms with Gasteiger partial charge >= 0.3 is 5.97 Å². The summed E-state index contributed by atoms with van der Waals surface area (Å²) in [6.45, 7) is -0.605. The SMILES string of the molecule is Cl.[2H]C(CN)C([2H])([2H])C(N)(C(=O)O)C(F)F. The Hall–Kier alpha value is -0.460. The van der Waals surface area contributed by atoms with Gasteiger partial charge in [-0.15, -0.1) is 12.4 Å². The molecule has 0 aromatic carbocycles. The molecule has 13 heavy (non-hydrogen) atoms. The fraction of sp³-hybridized carbons (Fsp3) is 0.833. The molecule has 0 rings (SSSR count). The monoisotopic (exact) mass is 221 g/mol. The van der Waals surface area contributed by atoms with Crippen molar-refractivity contribution in [2.75, 3.05) is 6.54 Å². The van der Waals surface area contributed by atoms with Crippen molar-refractivity contribution >= 4 is 18.4 Å². The van der Waals surface area contributed by atoms with Gasteiger partial charge in [0, 0.05) is 4.11 Å². The lowest BCUT2D eigenvalue weighted by atomic mass is 9.95. The van der Waals surface area contributed by atoms with Gasteiger partial charge in [0.1, 0.15) is 0 Å². The van der Waals surface area contributed by atoms with Crippen LogP contribution in [0.15, 0.2) is 0 Å². The second kappa shape index (κ2) is 6.06. The Kier molecular flexibility index (Phi) is 4.25. The van der Waals surface area contributed by atoms with Gasteiger partial charge in [0.05, 0.1) is 0 Å². The Morgan fingerprint density at radius 2 is 2.15 bits per heavy atom. The van der Waals surface area contributed by atoms with E-state index in [0.29, 0.717) is 0 Å². The molecule has 80 valence electrons. The maximum Gasteiger partial charge on any atom is 0.329 e. The zero-order chi connectivity index (χ0) is 12.4. The van der Waals surface area contributed by atoms with Crippen molar-refractivity contribution in [3.8, 4) is 0 Å². The molecular weight excluding hydrogens is 206 g/mol. The Morgan fingerprint density at radius 3 is 2.38 bits per heavy atom. The van der Waals surface area contributed by atoms with Crippen LogP contribution in [0.5, 0.6) is 0 Å². The van der Waals surface area contributed by atoms with Crippen molar-refractivity contribution in [2.45, 2.75) is 24.7 Å². The smallest absolute Gasteiger partial charge is 0.329 e. The molecule has 2 unspecified atom stereocenters. The predicted octanol–water partition coefficient (Wildman–Crippen LogP) is 0.194. The van der Waals surface area contributed by atoms with E-state index in [4.69, 9.17) is 20.7 Å². The van der Waals surface area contributed by atoms with Crippen molar-refractivity contribution in [3.63, 3.8) is 0 Å². The molecule has 0 fully saturated rings. The number of carboxylic acids is 1. The van der Waals surface area contributed by atoms with Crippen LogP contribution in [0.2, 0.25) is 0 Å². The van der Waals surface area contributed by atoms with Crippen LogP contribution in [0.25, 0.3) is 0 Å². The minimum atomic E-state index is -3.63. The van der Waals surface area contributed by atoms with Crippen molar-refractivity contribution in [3.05, 3.63) is 0 Å². The van der Waals surface area contributed by atoms with Gasteiger partial charge in [0.2, 0.25) is 0 Å². The largest absolute Gasteiger partial charge is 0.480 e. The molecule has 0 aliphatic heterocycles. The normalized spacial score (nSPS) is 21.8. The molecule has 0 bridgehead atoms. The molecule has 0 saturated carbocycles. The van der Waals surface area contributed by atoms with Gasteiger partial charge in [-0.3, -0.25) is 0 Å². The molecule has 0 radical (unpaired) electrons. The lowest BCUT2D eigenvalue weighted by Crippen LogP contribution is -2.54. The minimum Gasteiger partial charge on any atom is -0.480 e. The Morgan fingerprint density at radius 1 is 1.69 bits per heavy atom. The highest BCUT2D eigenvalue weighted by molar-refractivity contribution is 5.85. The number of rotatable bonds is 5. The third-order valence-corrected chi connectivity index (χ3v) is 1.16. The van der Waals surface area contributed by atoms with Gasteiger partial charge in [-0.1, -0.05) is 0 Å². The van der Waals surface area contributed by atoms with E-state index in [1.807, 2.05) is 0 Å². The van der Waals surface area contributed by atoms with Crippen LogP contribution in [-0.2, 0) is 4.79 Å². The summed E-state index contributed by atoms with van der Waals surface area (Å²) in [4.78, 5) is 10.6. The van der Waals surface area contributed by atoms with Crippen LogP contribution in [0.4, 0.5) is 8.78 Å². The molecule has 4 nitrogen and oxygen atoms in total. The van der Waals surface area contributed by atoms with Crippen LogP contribution in [0.1, 0.15) is 16.9 Å². The average Bonchev–Trinajstić information content (AvgIpc) is 2.13. The molecule has 0 spiro atoms. The Bertz CT molecular complexity index is 260. The van der Waals surface area contributed by atoms with Crippen LogP contribution in [0.3, 0.4) is 0 Å². The number of halogens is 3. The number of hydrogen-bond donors (Lipinski definition) is 3. The number of aliphatic carboxylic acids is 1. The van der Waals surface area contributed by atoms with Gasteiger partial charge in [-0.2, -0.15) is 0 Å². The quantitative estimate of drug-likeness (QED) is 0.619. The van der Waals surface area contributed by atoms with E-state index in [2.05, 4.69) is 0 Å². The fourth-order valence-corrected chi connectivity index (χ4v) is 0.446. The molecule has 0 aliphatic rings. The third kappa shape index (κ3) is 3.84. The molecular formula is C6H13ClF2N2O2. The summed E-state index contributed by atoms with van der Waals surface area (Å²) in [6, 6.07) is 0. The number of carboxylic acid groups (broad SMARTS) is 1. The summed E-state index contributed by atoms with van der Waals surface area (Å²) >= 11 is 0. The van der Waals surface area contributed by atoms with Crippen molar-refractivity contribution in [1.82, 2.24) is 0 Å². The molecule has 5 N–H and O–H groups in total. The molecule has 0 heterocycles. The summed E-state index contributed by atoms with van der Waals surface area (Å²) in [6.07, 6.45) is -8.60. The van der Waals surface area contributed by atoms with Gasteiger partial charge in [-0.25, -0.2) is 13.6 Å². The van der Waals surface area contributed by atoms with E-state index in [0.717, 1.165) is 0 Å². The first-order valence-corrected chi connectivity index (χ1v) is 3.05. The second-order valence-electron chi connectivity index (χ2n) is 2.06. The number of hydrogen-bond acceptors (Lipinski definition) is 3. The summed E-state index contributed by atoms with van der Waals surface area (Å²) in [5, 5.41) is 8.51. The molecule has 0 amide bonds. The number of nitrogens with two attached hydrogens (primary N) is 2. The zero-order valence-corrected chi connectivity index (χ0v) is 7.35. The van der Waals surface area contributed by atoms with E-state index in [1.165, 1.54) is 0 Å². The molecule has 2 atom stereocenters. The van der Waals surface area contributed by atoms with E-state index in [1.54, 1.807) is 0 Å². The lowest BCUT2D eigenvalue weighted by molar-refractivity contribution is -0.150. The van der Waals surface area contributed by atoms with E-state index >= 15 is 0 Å². The van der Waals surface area contributed by atoms with Gasteiger partial charge in [-0.05, 0) is 19.3 Å². The number of alkyl halides is 2. The van der Waals surface area contributed by atoms with Crippen LogP contribution < -0.4 is 11.5 Å². The summed E-state index contributed by atoms with van der Waals surface area (Å²) in [5.41, 5.74) is 6.34. The minimum absolute atomic E-state index is 0. The number of carbonyl (C=O) groups is 1. The first-order valence-electron chi connectivity index (χ1n) is 4.62. The first kappa shape index (κ1) is 9.11. The highest BCUT2D eigenvalue weighted by atomic mass is 35.5. The highest BCUT2D eigenvalue weighted by Crippen LogP contribution is 2.18. The maximum atomic E-state index is 12.5. The lowest BCUT2D eigenvalue weighted by Gasteiger charge is -2.22. The van der Waals surface area contributed by atoms with Gasteiger partial charge in [0.25, 0.3) is 6.43 Å². The van der Waals surface area contributed by atoms with Crippen LogP contribution >= 0.6 is 12.4 Å². The predicted molar refractivity (Wildman–Crippen MR) is 46.1 cm³/mol. The van der Waals surface area contributed by atoms with Crippen molar-refractivity contribution in [1.29, 1.82) is 0 Å². The Balaban J connectivity index is 0. The Labute approximate surface area is 84.9 Å². The summed E-state index contributed by atoms with van der Waals surface area (Å²) < 4.78 is 46.3. The zero-order valence-electron chi connectivity index (χ0n) is 9.54. The van der Waals surface area contributed by atoms with Crippen molar-refractivity contribution in [2.24, 2.45) is 11.5 Å². The molecule has 0 aliphatic carbocycles. The fourth-order valence-electron chi connectivity index (χ4n) is 0.446. The second-order valence-corrected chi connectivity index (χ2v) is 2.06. The summed E-state index contributed by atoms with van der Waals surface area (Å²) in [5.74, 6) is -2.20.